The van der Waals surface area contributed by atoms with Crippen LogP contribution >= 0.6 is 34.5 Å². The third kappa shape index (κ3) is 2.16. The van der Waals surface area contributed by atoms with Crippen LogP contribution in [0.4, 0.5) is 0 Å². The number of nitrogens with zero attached hydrogens (tertiary/aromatic N) is 1. The lowest BCUT2D eigenvalue weighted by molar-refractivity contribution is -0.146. The molecule has 7 heteroatoms. The second-order valence-electron chi connectivity index (χ2n) is 4.63. The number of rotatable bonds is 2. The van der Waals surface area contributed by atoms with E-state index in [1.807, 2.05) is 0 Å². The van der Waals surface area contributed by atoms with E-state index in [9.17, 15) is 9.59 Å². The molecule has 1 aliphatic rings. The van der Waals surface area contributed by atoms with Crippen LogP contribution in [-0.2, 0) is 4.79 Å². The molecule has 1 aliphatic heterocycles. The van der Waals surface area contributed by atoms with E-state index in [1.165, 1.54) is 16.2 Å². The first-order valence-electron chi connectivity index (χ1n) is 5.87. The Morgan fingerprint density at radius 3 is 2.65 bits per heavy atom. The molecule has 1 saturated heterocycles. The molecule has 2 aromatic rings. The fraction of sp³-hybridized carbons (Fsp3) is 0.231. The molecule has 0 unspecified atom stereocenters. The summed E-state index contributed by atoms with van der Waals surface area (Å²) in [6, 6.07) is 5.27. The van der Waals surface area contributed by atoms with Crippen molar-refractivity contribution in [2.45, 2.75) is 0 Å². The van der Waals surface area contributed by atoms with E-state index in [0.717, 1.165) is 10.1 Å². The van der Waals surface area contributed by atoms with Crippen LogP contribution in [0, 0.1) is 5.92 Å². The SMILES string of the molecule is O=C(O)C1CN(C(=O)c2sc3cc(Cl)ccc3c2Cl)C1. The Bertz CT molecular complexity index is 722. The highest BCUT2D eigenvalue weighted by Crippen LogP contribution is 2.38. The molecule has 1 fully saturated rings. The van der Waals surface area contributed by atoms with Crippen molar-refractivity contribution in [2.24, 2.45) is 5.92 Å². The number of thiophene rings is 1. The Balaban J connectivity index is 1.89. The van der Waals surface area contributed by atoms with Crippen LogP contribution in [0.5, 0.6) is 0 Å². The minimum atomic E-state index is -0.872. The fourth-order valence-corrected chi connectivity index (χ4v) is 3.88. The highest BCUT2D eigenvalue weighted by atomic mass is 35.5. The molecule has 3 rings (SSSR count). The van der Waals surface area contributed by atoms with Crippen molar-refractivity contribution < 1.29 is 14.7 Å². The monoisotopic (exact) mass is 329 g/mol. The molecule has 20 heavy (non-hydrogen) atoms. The molecule has 1 aromatic heterocycles. The number of aliphatic carboxylic acids is 1. The molecule has 0 radical (unpaired) electrons. The number of amides is 1. The highest BCUT2D eigenvalue weighted by molar-refractivity contribution is 7.21. The predicted molar refractivity (Wildman–Crippen MR) is 78.9 cm³/mol. The van der Waals surface area contributed by atoms with E-state index in [0.29, 0.717) is 14.9 Å². The average molecular weight is 330 g/mol. The van der Waals surface area contributed by atoms with Crippen LogP contribution in [0.2, 0.25) is 10.0 Å². The average Bonchev–Trinajstić information content (AvgIpc) is 2.63. The van der Waals surface area contributed by atoms with Gasteiger partial charge in [0, 0.05) is 28.2 Å². The van der Waals surface area contributed by atoms with Gasteiger partial charge in [0.25, 0.3) is 5.91 Å². The standard InChI is InChI=1S/C13H9Cl2NO3S/c14-7-1-2-8-9(3-7)20-11(10(8)15)12(17)16-4-6(5-16)13(18)19/h1-3,6H,4-5H2,(H,18,19). The smallest absolute Gasteiger partial charge is 0.310 e. The van der Waals surface area contributed by atoms with Gasteiger partial charge in [-0.15, -0.1) is 11.3 Å². The second-order valence-corrected chi connectivity index (χ2v) is 6.50. The molecule has 1 aromatic carbocycles. The van der Waals surface area contributed by atoms with Gasteiger partial charge < -0.3 is 10.0 Å². The van der Waals surface area contributed by atoms with E-state index < -0.39 is 11.9 Å². The van der Waals surface area contributed by atoms with E-state index in [4.69, 9.17) is 28.3 Å². The number of hydrogen-bond donors (Lipinski definition) is 1. The van der Waals surface area contributed by atoms with Crippen LogP contribution < -0.4 is 0 Å². The molecular weight excluding hydrogens is 321 g/mol. The first kappa shape index (κ1) is 13.7. The molecule has 104 valence electrons. The maximum absolute atomic E-state index is 12.3. The maximum atomic E-state index is 12.3. The van der Waals surface area contributed by atoms with Crippen molar-refractivity contribution in [3.05, 3.63) is 33.1 Å². The third-order valence-electron chi connectivity index (χ3n) is 3.30. The Kier molecular flexibility index (Phi) is 3.36. The number of carboxylic acids is 1. The zero-order valence-corrected chi connectivity index (χ0v) is 12.4. The van der Waals surface area contributed by atoms with Crippen LogP contribution in [0.25, 0.3) is 10.1 Å². The number of benzene rings is 1. The quantitative estimate of drug-likeness (QED) is 0.918. The zero-order valence-electron chi connectivity index (χ0n) is 10.1. The maximum Gasteiger partial charge on any atom is 0.310 e. The van der Waals surface area contributed by atoms with Gasteiger partial charge in [-0.3, -0.25) is 9.59 Å². The fourth-order valence-electron chi connectivity index (χ4n) is 2.12. The van der Waals surface area contributed by atoms with Gasteiger partial charge in [0.15, 0.2) is 0 Å². The molecule has 1 N–H and O–H groups in total. The van der Waals surface area contributed by atoms with Gasteiger partial charge in [-0.2, -0.15) is 0 Å². The van der Waals surface area contributed by atoms with E-state index in [-0.39, 0.29) is 19.0 Å². The lowest BCUT2D eigenvalue weighted by Gasteiger charge is -2.36. The molecule has 4 nitrogen and oxygen atoms in total. The number of halogens is 2. The second kappa shape index (κ2) is 4.91. The Morgan fingerprint density at radius 1 is 1.30 bits per heavy atom. The van der Waals surface area contributed by atoms with Crippen molar-refractivity contribution in [2.75, 3.05) is 13.1 Å². The first-order valence-corrected chi connectivity index (χ1v) is 7.44. The Labute approximate surface area is 128 Å². The summed E-state index contributed by atoms with van der Waals surface area (Å²) in [6.07, 6.45) is 0. The van der Waals surface area contributed by atoms with Crippen LogP contribution in [0.3, 0.4) is 0 Å². The Hall–Kier alpha value is -1.30. The van der Waals surface area contributed by atoms with Crippen molar-refractivity contribution in [1.82, 2.24) is 4.90 Å². The summed E-state index contributed by atoms with van der Waals surface area (Å²) in [5, 5.41) is 10.6. The zero-order chi connectivity index (χ0) is 14.4. The van der Waals surface area contributed by atoms with Crippen molar-refractivity contribution in [1.29, 1.82) is 0 Å². The first-order chi connectivity index (χ1) is 9.47. The van der Waals surface area contributed by atoms with Gasteiger partial charge in [0.05, 0.1) is 10.9 Å². The molecule has 0 spiro atoms. The largest absolute Gasteiger partial charge is 0.481 e. The number of carbonyl (C=O) groups is 2. The molecule has 0 bridgehead atoms. The van der Waals surface area contributed by atoms with Gasteiger partial charge in [-0.25, -0.2) is 0 Å². The van der Waals surface area contributed by atoms with Crippen LogP contribution in [0.15, 0.2) is 18.2 Å². The summed E-state index contributed by atoms with van der Waals surface area (Å²) in [4.78, 5) is 25.0. The highest BCUT2D eigenvalue weighted by Gasteiger charge is 2.37. The van der Waals surface area contributed by atoms with E-state index >= 15 is 0 Å². The molecule has 0 atom stereocenters. The minimum Gasteiger partial charge on any atom is -0.481 e. The van der Waals surface area contributed by atoms with Gasteiger partial charge in [0.2, 0.25) is 0 Å². The molecule has 2 heterocycles. The summed E-state index contributed by atoms with van der Waals surface area (Å²) in [6.45, 7) is 0.471. The van der Waals surface area contributed by atoms with Crippen molar-refractivity contribution >= 4 is 56.5 Å². The molecule has 0 aliphatic carbocycles. The van der Waals surface area contributed by atoms with E-state index in [1.54, 1.807) is 18.2 Å². The number of likely N-dealkylation sites (tertiary alicyclic amines) is 1. The number of carbonyl (C=O) groups excluding carboxylic acids is 1. The van der Waals surface area contributed by atoms with E-state index in [2.05, 4.69) is 0 Å². The lowest BCUT2D eigenvalue weighted by Crippen LogP contribution is -2.52. The van der Waals surface area contributed by atoms with Gasteiger partial charge in [-0.1, -0.05) is 29.3 Å². The normalized spacial score (nSPS) is 15.4. The third-order valence-corrected chi connectivity index (χ3v) is 5.18. The van der Waals surface area contributed by atoms with Crippen molar-refractivity contribution in [3.63, 3.8) is 0 Å². The summed E-state index contributed by atoms with van der Waals surface area (Å²) < 4.78 is 0.848. The topological polar surface area (TPSA) is 57.6 Å². The summed E-state index contributed by atoms with van der Waals surface area (Å²) in [5.74, 6) is -1.56. The van der Waals surface area contributed by atoms with Gasteiger partial charge >= 0.3 is 5.97 Å². The predicted octanol–water partition coefficient (Wildman–Crippen LogP) is 3.36. The van der Waals surface area contributed by atoms with Crippen LogP contribution in [0.1, 0.15) is 9.67 Å². The lowest BCUT2D eigenvalue weighted by atomic mass is 10.0. The summed E-state index contributed by atoms with van der Waals surface area (Å²) in [7, 11) is 0. The number of fused-ring (bicyclic) bond motifs is 1. The number of carboxylic acid groups (broad SMARTS) is 1. The van der Waals surface area contributed by atoms with Crippen molar-refractivity contribution in [3.8, 4) is 0 Å². The Morgan fingerprint density at radius 2 is 2.00 bits per heavy atom. The van der Waals surface area contributed by atoms with Gasteiger partial charge in [0.1, 0.15) is 4.88 Å². The molecular formula is C13H9Cl2NO3S. The summed E-state index contributed by atoms with van der Waals surface area (Å²) in [5.41, 5.74) is 0. The molecule has 0 saturated carbocycles. The van der Waals surface area contributed by atoms with Gasteiger partial charge in [-0.05, 0) is 12.1 Å². The molecule has 1 amide bonds. The van der Waals surface area contributed by atoms with Crippen LogP contribution in [-0.4, -0.2) is 35.0 Å². The summed E-state index contributed by atoms with van der Waals surface area (Å²) >= 11 is 13.4. The minimum absolute atomic E-state index is 0.218. The number of hydrogen-bond acceptors (Lipinski definition) is 3.